The first-order chi connectivity index (χ1) is 10.5. The first-order valence-corrected chi connectivity index (χ1v) is 8.28. The molecule has 0 fully saturated rings. The molecule has 116 valence electrons. The number of benzene rings is 1. The highest BCUT2D eigenvalue weighted by atomic mass is 32.1. The van der Waals surface area contributed by atoms with E-state index in [4.69, 9.17) is 0 Å². The molecule has 1 aromatic carbocycles. The zero-order valence-corrected chi connectivity index (χ0v) is 13.6. The van der Waals surface area contributed by atoms with Gasteiger partial charge in [0.1, 0.15) is 0 Å². The number of aliphatic hydroxyl groups is 1. The minimum absolute atomic E-state index is 0.127. The fraction of sp³-hybridized carbons (Fsp3) is 0.353. The topological polar surface area (TPSA) is 52.6 Å². The predicted molar refractivity (Wildman–Crippen MR) is 89.8 cm³/mol. The Morgan fingerprint density at radius 3 is 3.00 bits per heavy atom. The molecule has 3 rings (SSSR count). The summed E-state index contributed by atoms with van der Waals surface area (Å²) in [5, 5.41) is 15.0. The highest BCUT2D eigenvalue weighted by molar-refractivity contribution is 7.12. The maximum absolute atomic E-state index is 12.0. The van der Waals surface area contributed by atoms with E-state index in [1.165, 1.54) is 22.6 Å². The molecule has 5 heteroatoms. The van der Waals surface area contributed by atoms with Crippen LogP contribution in [0.1, 0.15) is 32.5 Å². The molecular weight excluding hydrogens is 296 g/mol. The quantitative estimate of drug-likeness (QED) is 0.911. The molecule has 2 N–H and O–H groups in total. The van der Waals surface area contributed by atoms with Crippen LogP contribution in [-0.4, -0.2) is 31.2 Å². The number of hydrogen-bond donors (Lipinski definition) is 2. The molecule has 0 saturated carbocycles. The summed E-state index contributed by atoms with van der Waals surface area (Å²) in [6.07, 6.45) is 0.328. The predicted octanol–water partition coefficient (Wildman–Crippen LogP) is 2.51. The number of hydrogen-bond acceptors (Lipinski definition) is 4. The number of rotatable bonds is 4. The smallest absolute Gasteiger partial charge is 0.261 e. The van der Waals surface area contributed by atoms with Gasteiger partial charge in [0, 0.05) is 25.8 Å². The van der Waals surface area contributed by atoms with Gasteiger partial charge in [-0.25, -0.2) is 0 Å². The van der Waals surface area contributed by atoms with Gasteiger partial charge in [-0.3, -0.25) is 4.79 Å². The van der Waals surface area contributed by atoms with E-state index in [2.05, 4.69) is 17.3 Å². The maximum Gasteiger partial charge on any atom is 0.261 e. The highest BCUT2D eigenvalue weighted by Gasteiger charge is 2.18. The van der Waals surface area contributed by atoms with Gasteiger partial charge in [-0.15, -0.1) is 11.3 Å². The SMILES string of the molecule is Cc1csc(C(=O)NC[C@H](O)c2ccc3c(c2)CCN3C)c1. The number of aryl methyl sites for hydroxylation is 1. The van der Waals surface area contributed by atoms with E-state index >= 15 is 0 Å². The van der Waals surface area contributed by atoms with Gasteiger partial charge in [0.2, 0.25) is 0 Å². The monoisotopic (exact) mass is 316 g/mol. The summed E-state index contributed by atoms with van der Waals surface area (Å²) in [6, 6.07) is 7.89. The largest absolute Gasteiger partial charge is 0.387 e. The lowest BCUT2D eigenvalue weighted by molar-refractivity contribution is 0.0920. The molecule has 1 aliphatic rings. The van der Waals surface area contributed by atoms with Crippen LogP contribution in [0.2, 0.25) is 0 Å². The minimum atomic E-state index is -0.679. The van der Waals surface area contributed by atoms with Crippen molar-refractivity contribution in [3.05, 3.63) is 51.2 Å². The number of likely N-dealkylation sites (N-methyl/N-ethyl adjacent to an activating group) is 1. The minimum Gasteiger partial charge on any atom is -0.387 e. The standard InChI is InChI=1S/C17H20N2O2S/c1-11-7-16(22-10-11)17(21)18-9-15(20)13-3-4-14-12(8-13)5-6-19(14)2/h3-4,7-8,10,15,20H,5-6,9H2,1-2H3,(H,18,21)/t15-/m0/s1. The van der Waals surface area contributed by atoms with Crippen molar-refractivity contribution in [3.8, 4) is 0 Å². The van der Waals surface area contributed by atoms with Crippen LogP contribution in [0.5, 0.6) is 0 Å². The van der Waals surface area contributed by atoms with Gasteiger partial charge in [-0.2, -0.15) is 0 Å². The van der Waals surface area contributed by atoms with Gasteiger partial charge in [0.25, 0.3) is 5.91 Å². The van der Waals surface area contributed by atoms with Crippen molar-refractivity contribution in [2.45, 2.75) is 19.4 Å². The third-order valence-electron chi connectivity index (χ3n) is 4.03. The number of nitrogens with zero attached hydrogens (tertiary/aromatic N) is 1. The summed E-state index contributed by atoms with van der Waals surface area (Å²) in [5.41, 5.74) is 4.43. The molecule has 1 amide bonds. The number of carbonyl (C=O) groups is 1. The van der Waals surface area contributed by atoms with E-state index in [9.17, 15) is 9.90 Å². The van der Waals surface area contributed by atoms with E-state index in [0.29, 0.717) is 4.88 Å². The lowest BCUT2D eigenvalue weighted by Crippen LogP contribution is -2.27. The van der Waals surface area contributed by atoms with Crippen LogP contribution in [0.25, 0.3) is 0 Å². The second kappa shape index (κ2) is 6.10. The van der Waals surface area contributed by atoms with E-state index in [-0.39, 0.29) is 12.5 Å². The van der Waals surface area contributed by atoms with Crippen molar-refractivity contribution in [2.24, 2.45) is 0 Å². The maximum atomic E-state index is 12.0. The number of fused-ring (bicyclic) bond motifs is 1. The Hall–Kier alpha value is -1.85. The van der Waals surface area contributed by atoms with Gasteiger partial charge >= 0.3 is 0 Å². The summed E-state index contributed by atoms with van der Waals surface area (Å²) in [6.45, 7) is 3.21. The summed E-state index contributed by atoms with van der Waals surface area (Å²) < 4.78 is 0. The summed E-state index contributed by atoms with van der Waals surface area (Å²) in [7, 11) is 2.07. The third kappa shape index (κ3) is 3.00. The molecule has 0 spiro atoms. The van der Waals surface area contributed by atoms with Gasteiger partial charge in [0.15, 0.2) is 0 Å². The molecule has 4 nitrogen and oxygen atoms in total. The fourth-order valence-corrected chi connectivity index (χ4v) is 3.55. The average molecular weight is 316 g/mol. The van der Waals surface area contributed by atoms with Crippen molar-refractivity contribution in [1.82, 2.24) is 5.32 Å². The van der Waals surface area contributed by atoms with Crippen molar-refractivity contribution in [2.75, 3.05) is 25.0 Å². The molecule has 22 heavy (non-hydrogen) atoms. The molecule has 2 heterocycles. The molecule has 1 aromatic heterocycles. The zero-order valence-electron chi connectivity index (χ0n) is 12.8. The molecule has 1 atom stereocenters. The molecule has 0 unspecified atom stereocenters. The summed E-state index contributed by atoms with van der Waals surface area (Å²) in [4.78, 5) is 14.9. The van der Waals surface area contributed by atoms with E-state index < -0.39 is 6.10 Å². The van der Waals surface area contributed by atoms with Gasteiger partial charge in [0.05, 0.1) is 11.0 Å². The second-order valence-electron chi connectivity index (χ2n) is 5.77. The van der Waals surface area contributed by atoms with Crippen molar-refractivity contribution < 1.29 is 9.90 Å². The average Bonchev–Trinajstić information content (AvgIpc) is 3.11. The number of amides is 1. The number of nitrogens with one attached hydrogen (secondary N) is 1. The lowest BCUT2D eigenvalue weighted by atomic mass is 10.0. The molecular formula is C17H20N2O2S. The summed E-state index contributed by atoms with van der Waals surface area (Å²) >= 11 is 1.42. The van der Waals surface area contributed by atoms with Crippen molar-refractivity contribution in [1.29, 1.82) is 0 Å². The Bertz CT molecular complexity index is 696. The van der Waals surface area contributed by atoms with Crippen LogP contribution in [-0.2, 0) is 6.42 Å². The molecule has 0 bridgehead atoms. The molecule has 2 aromatic rings. The fourth-order valence-electron chi connectivity index (χ4n) is 2.74. The van der Waals surface area contributed by atoms with Gasteiger partial charge in [-0.1, -0.05) is 12.1 Å². The second-order valence-corrected chi connectivity index (χ2v) is 6.69. The highest BCUT2D eigenvalue weighted by Crippen LogP contribution is 2.29. The normalized spacial score (nSPS) is 14.8. The Morgan fingerprint density at radius 2 is 2.27 bits per heavy atom. The molecule has 1 aliphatic heterocycles. The first kappa shape index (κ1) is 15.1. The zero-order chi connectivity index (χ0) is 15.7. The van der Waals surface area contributed by atoms with E-state index in [1.54, 1.807) is 0 Å². The van der Waals surface area contributed by atoms with Gasteiger partial charge < -0.3 is 15.3 Å². The van der Waals surface area contributed by atoms with Crippen LogP contribution in [0.15, 0.2) is 29.6 Å². The molecule has 0 radical (unpaired) electrons. The third-order valence-corrected chi connectivity index (χ3v) is 5.07. The summed E-state index contributed by atoms with van der Waals surface area (Å²) in [5.74, 6) is -0.127. The Morgan fingerprint density at radius 1 is 1.45 bits per heavy atom. The number of anilines is 1. The number of aliphatic hydroxyl groups excluding tert-OH is 1. The Kier molecular flexibility index (Phi) is 4.18. The Labute approximate surface area is 134 Å². The number of carbonyl (C=O) groups excluding carboxylic acids is 1. The molecule has 0 aliphatic carbocycles. The van der Waals surface area contributed by atoms with Crippen LogP contribution in [0, 0.1) is 6.92 Å². The first-order valence-electron chi connectivity index (χ1n) is 7.40. The van der Waals surface area contributed by atoms with Crippen molar-refractivity contribution in [3.63, 3.8) is 0 Å². The van der Waals surface area contributed by atoms with Gasteiger partial charge in [-0.05, 0) is 47.5 Å². The Balaban J connectivity index is 1.63. The van der Waals surface area contributed by atoms with Crippen molar-refractivity contribution >= 4 is 22.9 Å². The van der Waals surface area contributed by atoms with E-state index in [1.807, 2.05) is 36.6 Å². The van der Waals surface area contributed by atoms with Crippen LogP contribution >= 0.6 is 11.3 Å². The molecule has 0 saturated heterocycles. The van der Waals surface area contributed by atoms with Crippen LogP contribution in [0.4, 0.5) is 5.69 Å². The lowest BCUT2D eigenvalue weighted by Gasteiger charge is -2.15. The van der Waals surface area contributed by atoms with Crippen LogP contribution < -0.4 is 10.2 Å². The van der Waals surface area contributed by atoms with E-state index in [0.717, 1.165) is 24.1 Å². The number of thiophene rings is 1. The van der Waals surface area contributed by atoms with Crippen LogP contribution in [0.3, 0.4) is 0 Å².